The second-order valence-electron chi connectivity index (χ2n) is 7.79. The topological polar surface area (TPSA) is 121 Å². The number of hydrogen-bond acceptors (Lipinski definition) is 5. The molecule has 172 valence electrons. The van der Waals surface area contributed by atoms with Crippen LogP contribution in [0, 0.1) is 5.41 Å². The Balaban J connectivity index is 2.02. The molecule has 0 bridgehead atoms. The van der Waals surface area contributed by atoms with E-state index in [-0.39, 0.29) is 12.4 Å². The molecule has 1 atom stereocenters. The van der Waals surface area contributed by atoms with Crippen LogP contribution in [0.1, 0.15) is 54.3 Å². The monoisotopic (exact) mass is 446 g/mol. The summed E-state index contributed by atoms with van der Waals surface area (Å²) in [4.78, 5) is 16.7. The van der Waals surface area contributed by atoms with Crippen molar-refractivity contribution in [1.82, 2.24) is 4.98 Å². The van der Waals surface area contributed by atoms with E-state index in [0.29, 0.717) is 22.6 Å². The average Bonchev–Trinajstić information content (AvgIpc) is 2.82. The third kappa shape index (κ3) is 6.10. The molecule has 7 heteroatoms. The van der Waals surface area contributed by atoms with E-state index in [0.717, 1.165) is 36.1 Å². The van der Waals surface area contributed by atoms with Gasteiger partial charge in [-0.3, -0.25) is 10.4 Å². The number of pyridine rings is 1. The molecule has 1 heterocycles. The predicted molar refractivity (Wildman–Crippen MR) is 130 cm³/mol. The summed E-state index contributed by atoms with van der Waals surface area (Å²) >= 11 is 0. The molecule has 1 aromatic heterocycles. The van der Waals surface area contributed by atoms with Gasteiger partial charge in [-0.25, -0.2) is 4.79 Å². The molecule has 2 aromatic carbocycles. The van der Waals surface area contributed by atoms with Crippen molar-refractivity contribution in [1.29, 1.82) is 5.41 Å². The van der Waals surface area contributed by atoms with E-state index in [2.05, 4.69) is 23.3 Å². The molecule has 0 aliphatic rings. The van der Waals surface area contributed by atoms with E-state index in [1.807, 2.05) is 31.2 Å². The number of aliphatic carboxylic acids is 1. The predicted octanol–water partition coefficient (Wildman–Crippen LogP) is 4.70. The van der Waals surface area contributed by atoms with Gasteiger partial charge in [-0.15, -0.1) is 0 Å². The van der Waals surface area contributed by atoms with Gasteiger partial charge in [-0.1, -0.05) is 32.4 Å². The number of carbonyl (C=O) groups is 1. The smallest absolute Gasteiger partial charge is 0.330 e. The molecule has 5 N–H and O–H groups in total. The third-order valence-corrected chi connectivity index (χ3v) is 5.34. The van der Waals surface area contributed by atoms with Gasteiger partial charge in [-0.05, 0) is 66.4 Å². The fourth-order valence-corrected chi connectivity index (χ4v) is 3.65. The molecule has 0 aliphatic heterocycles. The molecular weight excluding hydrogens is 416 g/mol. The Morgan fingerprint density at radius 3 is 2.52 bits per heavy atom. The Labute approximate surface area is 194 Å². The van der Waals surface area contributed by atoms with Crippen molar-refractivity contribution in [3.8, 4) is 5.75 Å². The summed E-state index contributed by atoms with van der Waals surface area (Å²) in [6.45, 7) is 4.38. The molecule has 0 spiro atoms. The van der Waals surface area contributed by atoms with Gasteiger partial charge in [0, 0.05) is 23.0 Å². The van der Waals surface area contributed by atoms with Crippen LogP contribution in [-0.2, 0) is 24.2 Å². The van der Waals surface area contributed by atoms with E-state index in [4.69, 9.17) is 15.9 Å². The Kier molecular flexibility index (Phi) is 8.02. The lowest BCUT2D eigenvalue weighted by Gasteiger charge is -2.23. The first-order valence-electron chi connectivity index (χ1n) is 11.0. The molecule has 7 nitrogen and oxygen atoms in total. The zero-order valence-corrected chi connectivity index (χ0v) is 19.0. The molecule has 0 aliphatic carbocycles. The van der Waals surface area contributed by atoms with Gasteiger partial charge in [0.2, 0.25) is 0 Å². The van der Waals surface area contributed by atoms with Crippen molar-refractivity contribution in [2.75, 3.05) is 5.32 Å². The maximum Gasteiger partial charge on any atom is 0.330 e. The van der Waals surface area contributed by atoms with E-state index in [9.17, 15) is 9.90 Å². The highest BCUT2D eigenvalue weighted by molar-refractivity contribution is 5.95. The summed E-state index contributed by atoms with van der Waals surface area (Å²) in [7, 11) is 0. The van der Waals surface area contributed by atoms with Gasteiger partial charge in [0.15, 0.2) is 6.04 Å². The van der Waals surface area contributed by atoms with Crippen LogP contribution in [0.3, 0.4) is 0 Å². The van der Waals surface area contributed by atoms with Crippen LogP contribution in [0.2, 0.25) is 0 Å². The van der Waals surface area contributed by atoms with Crippen LogP contribution in [0.15, 0.2) is 60.8 Å². The third-order valence-electron chi connectivity index (χ3n) is 5.34. The number of aromatic nitrogens is 1. The number of rotatable bonds is 11. The van der Waals surface area contributed by atoms with Gasteiger partial charge in [0.1, 0.15) is 18.2 Å². The first-order chi connectivity index (χ1) is 15.9. The lowest BCUT2D eigenvalue weighted by molar-refractivity contribution is -0.138. The number of nitrogens with one attached hydrogen (secondary N) is 2. The minimum Gasteiger partial charge on any atom is -0.487 e. The number of nitrogens with zero attached hydrogens (tertiary/aromatic N) is 1. The maximum atomic E-state index is 12.4. The fourth-order valence-electron chi connectivity index (χ4n) is 3.65. The molecule has 0 saturated carbocycles. The Hall–Kier alpha value is -3.87. The van der Waals surface area contributed by atoms with Crippen molar-refractivity contribution in [2.24, 2.45) is 5.73 Å². The number of amidine groups is 1. The van der Waals surface area contributed by atoms with E-state index >= 15 is 0 Å². The van der Waals surface area contributed by atoms with Crippen LogP contribution >= 0.6 is 0 Å². The van der Waals surface area contributed by atoms with Crippen LogP contribution in [0.5, 0.6) is 5.75 Å². The molecular formula is C26H30N4O3. The number of nitrogens with two attached hydrogens (primary N) is 1. The number of anilines is 1. The standard InChI is InChI=1S/C26H30N4O3/c1-3-7-19-14-17(4-2)15-22(24(19)33-16-21-8-5-6-13-29-21)23(26(31)32)30-20-11-9-18(10-12-20)25(27)28/h5-6,8-15,23,30H,3-4,7,16H2,1-2H3,(H3,27,28)(H,31,32)/t23-/m1/s1. The van der Waals surface area contributed by atoms with Crippen molar-refractivity contribution in [2.45, 2.75) is 45.8 Å². The van der Waals surface area contributed by atoms with Gasteiger partial charge >= 0.3 is 5.97 Å². The van der Waals surface area contributed by atoms with Crippen molar-refractivity contribution in [3.05, 3.63) is 88.7 Å². The molecule has 0 saturated heterocycles. The molecule has 0 fully saturated rings. The summed E-state index contributed by atoms with van der Waals surface area (Å²) in [5.74, 6) is -0.467. The summed E-state index contributed by atoms with van der Waals surface area (Å²) in [5.41, 5.74) is 10.1. The zero-order valence-electron chi connectivity index (χ0n) is 19.0. The highest BCUT2D eigenvalue weighted by atomic mass is 16.5. The minimum absolute atomic E-state index is 0.0404. The number of benzene rings is 2. The largest absolute Gasteiger partial charge is 0.487 e. The molecule has 3 aromatic rings. The van der Waals surface area contributed by atoms with Gasteiger partial charge in [0.05, 0.1) is 5.69 Å². The van der Waals surface area contributed by atoms with E-state index in [1.165, 1.54) is 0 Å². The first kappa shape index (κ1) is 23.8. The summed E-state index contributed by atoms with van der Waals surface area (Å²) in [6, 6.07) is 15.4. The average molecular weight is 447 g/mol. The molecule has 0 amide bonds. The van der Waals surface area contributed by atoms with E-state index in [1.54, 1.807) is 30.5 Å². The Bertz CT molecular complexity index is 1100. The molecule has 33 heavy (non-hydrogen) atoms. The molecule has 0 radical (unpaired) electrons. The van der Waals surface area contributed by atoms with Crippen molar-refractivity contribution in [3.63, 3.8) is 0 Å². The highest BCUT2D eigenvalue weighted by Gasteiger charge is 2.26. The summed E-state index contributed by atoms with van der Waals surface area (Å²) in [5, 5.41) is 20.8. The lowest BCUT2D eigenvalue weighted by Crippen LogP contribution is -2.22. The number of carboxylic acid groups (broad SMARTS) is 1. The second kappa shape index (κ2) is 11.1. The first-order valence-corrected chi connectivity index (χ1v) is 11.0. The van der Waals surface area contributed by atoms with Gasteiger partial charge in [0.25, 0.3) is 0 Å². The van der Waals surface area contributed by atoms with Gasteiger partial charge in [-0.2, -0.15) is 0 Å². The molecule has 3 rings (SSSR count). The fraction of sp³-hybridized carbons (Fsp3) is 0.269. The van der Waals surface area contributed by atoms with Gasteiger partial charge < -0.3 is 20.9 Å². The Morgan fingerprint density at radius 1 is 1.18 bits per heavy atom. The number of carboxylic acids is 1. The lowest BCUT2D eigenvalue weighted by atomic mass is 9.95. The highest BCUT2D eigenvalue weighted by Crippen LogP contribution is 2.35. The van der Waals surface area contributed by atoms with Crippen LogP contribution in [0.25, 0.3) is 0 Å². The Morgan fingerprint density at radius 2 is 1.94 bits per heavy atom. The number of nitrogen functional groups attached to an aromatic ring is 1. The summed E-state index contributed by atoms with van der Waals surface area (Å²) < 4.78 is 6.22. The zero-order chi connectivity index (χ0) is 23.8. The van der Waals surface area contributed by atoms with Crippen molar-refractivity contribution >= 4 is 17.5 Å². The van der Waals surface area contributed by atoms with E-state index < -0.39 is 12.0 Å². The SMILES string of the molecule is CCCc1cc(CC)cc([C@@H](Nc2ccc(C(=N)N)cc2)C(=O)O)c1OCc1ccccn1. The molecule has 0 unspecified atom stereocenters. The second-order valence-corrected chi connectivity index (χ2v) is 7.79. The summed E-state index contributed by atoms with van der Waals surface area (Å²) in [6.07, 6.45) is 4.17. The minimum atomic E-state index is -1.02. The quantitative estimate of drug-likeness (QED) is 0.250. The number of aryl methyl sites for hydroxylation is 2. The maximum absolute atomic E-state index is 12.4. The van der Waals surface area contributed by atoms with Crippen LogP contribution < -0.4 is 15.8 Å². The number of ether oxygens (including phenoxy) is 1. The normalized spacial score (nSPS) is 11.6. The van der Waals surface area contributed by atoms with Crippen LogP contribution in [0.4, 0.5) is 5.69 Å². The van der Waals surface area contributed by atoms with Crippen molar-refractivity contribution < 1.29 is 14.6 Å². The van der Waals surface area contributed by atoms with Crippen LogP contribution in [-0.4, -0.2) is 21.9 Å². The number of hydrogen-bond donors (Lipinski definition) is 4.